The van der Waals surface area contributed by atoms with Crippen LogP contribution in [0.4, 0.5) is 0 Å². The third-order valence-electron chi connectivity index (χ3n) is 3.20. The van der Waals surface area contributed by atoms with Crippen molar-refractivity contribution in [2.75, 3.05) is 6.54 Å². The van der Waals surface area contributed by atoms with Gasteiger partial charge in [0.25, 0.3) is 0 Å². The third-order valence-corrected chi connectivity index (χ3v) is 3.41. The van der Waals surface area contributed by atoms with Crippen molar-refractivity contribution in [3.8, 4) is 0 Å². The van der Waals surface area contributed by atoms with Crippen molar-refractivity contribution in [2.24, 2.45) is 0 Å². The minimum absolute atomic E-state index is 0.604. The van der Waals surface area contributed by atoms with Gasteiger partial charge in [-0.15, -0.1) is 0 Å². The highest BCUT2D eigenvalue weighted by Crippen LogP contribution is 2.23. The number of halogens is 1. The fourth-order valence-corrected chi connectivity index (χ4v) is 2.65. The molecular formula is C12H18ClN3. The van der Waals surface area contributed by atoms with Crippen molar-refractivity contribution < 1.29 is 0 Å². The largest absolute Gasteiger partial charge is 0.298 e. The molecule has 0 spiro atoms. The lowest BCUT2D eigenvalue weighted by Crippen LogP contribution is -2.36. The van der Waals surface area contributed by atoms with Crippen molar-refractivity contribution >= 4 is 11.6 Å². The lowest BCUT2D eigenvalue weighted by Gasteiger charge is -2.27. The minimum Gasteiger partial charge on any atom is -0.298 e. The molecule has 1 unspecified atom stereocenters. The quantitative estimate of drug-likeness (QED) is 0.812. The molecule has 1 aromatic rings. The maximum atomic E-state index is 5.91. The zero-order valence-electron chi connectivity index (χ0n) is 9.86. The van der Waals surface area contributed by atoms with E-state index in [1.54, 1.807) is 6.20 Å². The number of hydrogen-bond donors (Lipinski definition) is 0. The van der Waals surface area contributed by atoms with Gasteiger partial charge in [0.1, 0.15) is 0 Å². The van der Waals surface area contributed by atoms with Gasteiger partial charge in [-0.3, -0.25) is 4.90 Å². The maximum absolute atomic E-state index is 5.91. The summed E-state index contributed by atoms with van der Waals surface area (Å²) in [5.41, 5.74) is 1.00. The van der Waals surface area contributed by atoms with E-state index in [4.69, 9.17) is 11.6 Å². The lowest BCUT2D eigenvalue weighted by atomic mass is 10.1. The van der Waals surface area contributed by atoms with E-state index in [1.165, 1.54) is 19.4 Å². The van der Waals surface area contributed by atoms with E-state index in [2.05, 4.69) is 28.9 Å². The molecule has 0 saturated carbocycles. The summed E-state index contributed by atoms with van der Waals surface area (Å²) >= 11 is 5.91. The van der Waals surface area contributed by atoms with Gasteiger partial charge in [-0.2, -0.15) is 10.2 Å². The van der Waals surface area contributed by atoms with Crippen LogP contribution < -0.4 is 0 Å². The molecule has 1 fully saturated rings. The first-order valence-electron chi connectivity index (χ1n) is 5.89. The molecule has 3 nitrogen and oxygen atoms in total. The molecule has 0 radical (unpaired) electrons. The first kappa shape index (κ1) is 11.8. The number of hydrogen-bond acceptors (Lipinski definition) is 3. The molecule has 1 aliphatic rings. The van der Waals surface area contributed by atoms with Crippen molar-refractivity contribution in [3.63, 3.8) is 0 Å². The Kier molecular flexibility index (Phi) is 3.77. The van der Waals surface area contributed by atoms with E-state index < -0.39 is 0 Å². The van der Waals surface area contributed by atoms with Crippen molar-refractivity contribution in [1.29, 1.82) is 0 Å². The Balaban J connectivity index is 2.04. The Hall–Kier alpha value is -0.670. The van der Waals surface area contributed by atoms with Crippen LogP contribution in [0.1, 0.15) is 32.4 Å². The predicted octanol–water partition coefficient (Wildman–Crippen LogP) is 2.55. The van der Waals surface area contributed by atoms with Gasteiger partial charge in [-0.1, -0.05) is 11.6 Å². The maximum Gasteiger partial charge on any atom is 0.0682 e. The topological polar surface area (TPSA) is 29.0 Å². The summed E-state index contributed by atoms with van der Waals surface area (Å²) in [6, 6.07) is 3.14. The average molecular weight is 240 g/mol. The molecule has 1 saturated heterocycles. The zero-order valence-corrected chi connectivity index (χ0v) is 10.6. The van der Waals surface area contributed by atoms with Crippen LogP contribution in [0.25, 0.3) is 0 Å². The van der Waals surface area contributed by atoms with Gasteiger partial charge in [-0.25, -0.2) is 0 Å². The van der Waals surface area contributed by atoms with Crippen LogP contribution >= 0.6 is 11.6 Å². The normalized spacial score (nSPS) is 21.9. The summed E-state index contributed by atoms with van der Waals surface area (Å²) < 4.78 is 0. The van der Waals surface area contributed by atoms with E-state index in [9.17, 15) is 0 Å². The first-order valence-corrected chi connectivity index (χ1v) is 6.27. The molecule has 1 aromatic heterocycles. The van der Waals surface area contributed by atoms with Crippen LogP contribution in [0.5, 0.6) is 0 Å². The van der Waals surface area contributed by atoms with Gasteiger partial charge < -0.3 is 0 Å². The van der Waals surface area contributed by atoms with Crippen LogP contribution in [0.2, 0.25) is 5.02 Å². The SMILES string of the molecule is CC(C)N1CCCC1Cc1cc(Cl)cnn1. The number of aromatic nitrogens is 2. The van der Waals surface area contributed by atoms with E-state index >= 15 is 0 Å². The summed E-state index contributed by atoms with van der Waals surface area (Å²) in [7, 11) is 0. The first-order chi connectivity index (χ1) is 7.66. The zero-order chi connectivity index (χ0) is 11.5. The van der Waals surface area contributed by atoms with Crippen molar-refractivity contribution in [2.45, 2.75) is 45.2 Å². The van der Waals surface area contributed by atoms with Gasteiger partial charge in [0.15, 0.2) is 0 Å². The molecule has 0 N–H and O–H groups in total. The minimum atomic E-state index is 0.604. The molecule has 0 bridgehead atoms. The molecule has 0 amide bonds. The van der Waals surface area contributed by atoms with Crippen molar-refractivity contribution in [1.82, 2.24) is 15.1 Å². The summed E-state index contributed by atoms with van der Waals surface area (Å²) in [5.74, 6) is 0. The van der Waals surface area contributed by atoms with Gasteiger partial charge in [-0.05, 0) is 39.3 Å². The van der Waals surface area contributed by atoms with E-state index in [0.717, 1.165) is 12.1 Å². The van der Waals surface area contributed by atoms with Gasteiger partial charge >= 0.3 is 0 Å². The van der Waals surface area contributed by atoms with E-state index in [-0.39, 0.29) is 0 Å². The highest BCUT2D eigenvalue weighted by molar-refractivity contribution is 6.30. The second-order valence-corrected chi connectivity index (χ2v) is 5.13. The van der Waals surface area contributed by atoms with Crippen LogP contribution in [-0.4, -0.2) is 33.7 Å². The lowest BCUT2D eigenvalue weighted by molar-refractivity contribution is 0.201. The standard InChI is InChI=1S/C12H18ClN3/c1-9(2)16-5-3-4-12(16)7-11-6-10(13)8-14-15-11/h6,8-9,12H,3-5,7H2,1-2H3. The van der Waals surface area contributed by atoms with Crippen LogP contribution in [-0.2, 0) is 6.42 Å². The summed E-state index contributed by atoms with van der Waals surface area (Å²) in [4.78, 5) is 2.54. The van der Waals surface area contributed by atoms with Crippen LogP contribution in [0.3, 0.4) is 0 Å². The highest BCUT2D eigenvalue weighted by Gasteiger charge is 2.26. The molecule has 16 heavy (non-hydrogen) atoms. The molecular weight excluding hydrogens is 222 g/mol. The Bertz CT molecular complexity index is 354. The van der Waals surface area contributed by atoms with E-state index in [1.807, 2.05) is 6.07 Å². The summed E-state index contributed by atoms with van der Waals surface area (Å²) in [5, 5.41) is 8.71. The van der Waals surface area contributed by atoms with Gasteiger partial charge in [0.2, 0.25) is 0 Å². The Morgan fingerprint density at radius 1 is 1.56 bits per heavy atom. The second kappa shape index (κ2) is 5.11. The van der Waals surface area contributed by atoms with E-state index in [0.29, 0.717) is 17.1 Å². The molecule has 4 heteroatoms. The Morgan fingerprint density at radius 3 is 3.06 bits per heavy atom. The summed E-state index contributed by atoms with van der Waals surface area (Å²) in [6.07, 6.45) is 5.09. The highest BCUT2D eigenvalue weighted by atomic mass is 35.5. The van der Waals surface area contributed by atoms with Crippen molar-refractivity contribution in [3.05, 3.63) is 23.0 Å². The number of likely N-dealkylation sites (tertiary alicyclic amines) is 1. The smallest absolute Gasteiger partial charge is 0.0682 e. The van der Waals surface area contributed by atoms with Crippen LogP contribution in [0, 0.1) is 0 Å². The Labute approximate surface area is 102 Å². The number of rotatable bonds is 3. The average Bonchev–Trinajstić information content (AvgIpc) is 2.66. The molecule has 1 aliphatic heterocycles. The fraction of sp³-hybridized carbons (Fsp3) is 0.667. The molecule has 1 atom stereocenters. The third kappa shape index (κ3) is 2.71. The van der Waals surface area contributed by atoms with Gasteiger partial charge in [0, 0.05) is 18.5 Å². The molecule has 0 aromatic carbocycles. The number of nitrogens with zero attached hydrogens (tertiary/aromatic N) is 3. The molecule has 88 valence electrons. The predicted molar refractivity (Wildman–Crippen MR) is 65.6 cm³/mol. The molecule has 0 aliphatic carbocycles. The monoisotopic (exact) mass is 239 g/mol. The molecule has 2 rings (SSSR count). The summed E-state index contributed by atoms with van der Waals surface area (Å²) in [6.45, 7) is 5.71. The molecule has 2 heterocycles. The van der Waals surface area contributed by atoms with Crippen LogP contribution in [0.15, 0.2) is 12.3 Å². The fourth-order valence-electron chi connectivity index (χ4n) is 2.48. The second-order valence-electron chi connectivity index (χ2n) is 4.70. The van der Waals surface area contributed by atoms with Gasteiger partial charge in [0.05, 0.1) is 16.9 Å². The Morgan fingerprint density at radius 2 is 2.38 bits per heavy atom.